The van der Waals surface area contributed by atoms with Crippen LogP contribution in [0.2, 0.25) is 5.15 Å². The molecule has 2 aliphatic heterocycles. The van der Waals surface area contributed by atoms with Crippen LogP contribution in [-0.4, -0.2) is 52.3 Å². The smallest absolute Gasteiger partial charge is 0.257 e. The number of pyridine rings is 1. The van der Waals surface area contributed by atoms with Crippen LogP contribution in [0.4, 0.5) is 4.39 Å². The molecule has 0 saturated carbocycles. The Morgan fingerprint density at radius 2 is 2.25 bits per heavy atom. The molecule has 1 aromatic heterocycles. The number of carbonyl (C=O) groups is 2. The van der Waals surface area contributed by atoms with E-state index in [0.717, 1.165) is 18.7 Å². The Bertz CT molecular complexity index is 581. The van der Waals surface area contributed by atoms with Gasteiger partial charge in [0.25, 0.3) is 5.91 Å². The molecule has 0 aliphatic carbocycles. The van der Waals surface area contributed by atoms with E-state index in [1.54, 1.807) is 4.90 Å². The van der Waals surface area contributed by atoms with Crippen molar-refractivity contribution >= 4 is 23.4 Å². The van der Waals surface area contributed by atoms with Crippen LogP contribution in [0, 0.1) is 5.82 Å². The van der Waals surface area contributed by atoms with Gasteiger partial charge in [-0.1, -0.05) is 11.6 Å². The second-order valence-electron chi connectivity index (χ2n) is 5.02. The largest absolute Gasteiger partial charge is 0.336 e. The number of carbonyl (C=O) groups excluding carboxylic acids is 2. The Morgan fingerprint density at radius 3 is 3.05 bits per heavy atom. The third-order valence-electron chi connectivity index (χ3n) is 3.82. The van der Waals surface area contributed by atoms with Crippen molar-refractivity contribution in [2.45, 2.75) is 18.9 Å². The van der Waals surface area contributed by atoms with Crippen LogP contribution in [0.3, 0.4) is 0 Å². The predicted molar refractivity (Wildman–Crippen MR) is 69.8 cm³/mol. The zero-order valence-electron chi connectivity index (χ0n) is 10.7. The highest BCUT2D eigenvalue weighted by atomic mass is 35.5. The van der Waals surface area contributed by atoms with Crippen LogP contribution in [-0.2, 0) is 4.79 Å². The summed E-state index contributed by atoms with van der Waals surface area (Å²) in [5.74, 6) is -0.777. The lowest BCUT2D eigenvalue weighted by molar-refractivity contribution is -0.130. The van der Waals surface area contributed by atoms with Gasteiger partial charge in [0, 0.05) is 32.1 Å². The van der Waals surface area contributed by atoms with Crippen molar-refractivity contribution in [3.05, 3.63) is 28.8 Å². The Morgan fingerprint density at radius 1 is 1.45 bits per heavy atom. The zero-order chi connectivity index (χ0) is 14.3. The molecule has 2 fully saturated rings. The molecule has 0 aromatic carbocycles. The highest BCUT2D eigenvalue weighted by molar-refractivity contribution is 6.32. The van der Waals surface area contributed by atoms with Crippen molar-refractivity contribution in [3.8, 4) is 0 Å². The molecule has 0 spiro atoms. The molecule has 2 amide bonds. The Balaban J connectivity index is 1.78. The molecule has 0 N–H and O–H groups in total. The number of rotatable bonds is 1. The minimum absolute atomic E-state index is 0.00123. The highest BCUT2D eigenvalue weighted by Crippen LogP contribution is 2.25. The van der Waals surface area contributed by atoms with Crippen molar-refractivity contribution in [1.29, 1.82) is 0 Å². The maximum Gasteiger partial charge on any atom is 0.257 e. The van der Waals surface area contributed by atoms with Crippen molar-refractivity contribution in [1.82, 2.24) is 14.8 Å². The Labute approximate surface area is 120 Å². The van der Waals surface area contributed by atoms with Crippen molar-refractivity contribution in [2.24, 2.45) is 0 Å². The van der Waals surface area contributed by atoms with Gasteiger partial charge in [0.2, 0.25) is 5.91 Å². The first-order valence-corrected chi connectivity index (χ1v) is 6.84. The first-order valence-electron chi connectivity index (χ1n) is 6.46. The van der Waals surface area contributed by atoms with E-state index in [0.29, 0.717) is 26.1 Å². The van der Waals surface area contributed by atoms with Crippen LogP contribution < -0.4 is 0 Å². The van der Waals surface area contributed by atoms with Crippen LogP contribution in [0.15, 0.2) is 12.3 Å². The minimum Gasteiger partial charge on any atom is -0.336 e. The lowest BCUT2D eigenvalue weighted by Gasteiger charge is -2.37. The van der Waals surface area contributed by atoms with E-state index in [-0.39, 0.29) is 28.6 Å². The van der Waals surface area contributed by atoms with Gasteiger partial charge in [-0.2, -0.15) is 0 Å². The van der Waals surface area contributed by atoms with Gasteiger partial charge < -0.3 is 9.80 Å². The maximum atomic E-state index is 13.2. The van der Waals surface area contributed by atoms with Gasteiger partial charge >= 0.3 is 0 Å². The number of piperazine rings is 1. The molecule has 1 unspecified atom stereocenters. The second kappa shape index (κ2) is 5.01. The normalized spacial score (nSPS) is 22.1. The SMILES string of the molecule is O=C(c1cc(F)cnc1Cl)N1CCN2C(=O)CCC2C1. The number of aromatic nitrogens is 1. The first kappa shape index (κ1) is 13.3. The van der Waals surface area contributed by atoms with E-state index in [4.69, 9.17) is 11.6 Å². The van der Waals surface area contributed by atoms with E-state index >= 15 is 0 Å². The molecule has 1 aromatic rings. The summed E-state index contributed by atoms with van der Waals surface area (Å²) in [5.41, 5.74) is 0.0736. The van der Waals surface area contributed by atoms with Gasteiger partial charge in [0.05, 0.1) is 11.8 Å². The van der Waals surface area contributed by atoms with Gasteiger partial charge in [-0.25, -0.2) is 9.37 Å². The summed E-state index contributed by atoms with van der Waals surface area (Å²) in [4.78, 5) is 31.0. The lowest BCUT2D eigenvalue weighted by Crippen LogP contribution is -2.53. The van der Waals surface area contributed by atoms with Gasteiger partial charge in [0.1, 0.15) is 11.0 Å². The summed E-state index contributed by atoms with van der Waals surface area (Å²) in [6, 6.07) is 1.17. The molecule has 106 valence electrons. The van der Waals surface area contributed by atoms with E-state index in [1.165, 1.54) is 0 Å². The molecule has 1 atom stereocenters. The van der Waals surface area contributed by atoms with Crippen LogP contribution in [0.1, 0.15) is 23.2 Å². The van der Waals surface area contributed by atoms with E-state index in [2.05, 4.69) is 4.98 Å². The lowest BCUT2D eigenvalue weighted by atomic mass is 10.1. The number of halogens is 2. The summed E-state index contributed by atoms with van der Waals surface area (Å²) in [6.07, 6.45) is 2.28. The van der Waals surface area contributed by atoms with Crippen LogP contribution in [0.25, 0.3) is 0 Å². The van der Waals surface area contributed by atoms with E-state index in [1.807, 2.05) is 4.90 Å². The number of hydrogen-bond acceptors (Lipinski definition) is 3. The molecule has 0 bridgehead atoms. The quantitative estimate of drug-likeness (QED) is 0.735. The molecule has 20 heavy (non-hydrogen) atoms. The summed E-state index contributed by atoms with van der Waals surface area (Å²) in [7, 11) is 0. The molecule has 3 heterocycles. The Hall–Kier alpha value is -1.69. The molecule has 3 rings (SSSR count). The monoisotopic (exact) mass is 297 g/mol. The number of hydrogen-bond donors (Lipinski definition) is 0. The van der Waals surface area contributed by atoms with Gasteiger partial charge in [-0.05, 0) is 12.5 Å². The van der Waals surface area contributed by atoms with Gasteiger partial charge in [-0.3, -0.25) is 9.59 Å². The van der Waals surface area contributed by atoms with Crippen molar-refractivity contribution in [3.63, 3.8) is 0 Å². The second-order valence-corrected chi connectivity index (χ2v) is 5.38. The predicted octanol–water partition coefficient (Wildman–Crippen LogP) is 1.32. The summed E-state index contributed by atoms with van der Waals surface area (Å²) >= 11 is 5.85. The summed E-state index contributed by atoms with van der Waals surface area (Å²) < 4.78 is 13.2. The molecule has 5 nitrogen and oxygen atoms in total. The number of nitrogens with zero attached hydrogens (tertiary/aromatic N) is 3. The van der Waals surface area contributed by atoms with Gasteiger partial charge in [-0.15, -0.1) is 0 Å². The van der Waals surface area contributed by atoms with Crippen molar-refractivity contribution in [2.75, 3.05) is 19.6 Å². The third-order valence-corrected chi connectivity index (χ3v) is 4.12. The van der Waals surface area contributed by atoms with Gasteiger partial charge in [0.15, 0.2) is 0 Å². The highest BCUT2D eigenvalue weighted by Gasteiger charge is 2.37. The van der Waals surface area contributed by atoms with E-state index < -0.39 is 5.82 Å². The topological polar surface area (TPSA) is 53.5 Å². The zero-order valence-corrected chi connectivity index (χ0v) is 11.4. The average molecular weight is 298 g/mol. The van der Waals surface area contributed by atoms with Crippen LogP contribution in [0.5, 0.6) is 0 Å². The number of amides is 2. The van der Waals surface area contributed by atoms with E-state index in [9.17, 15) is 14.0 Å². The third kappa shape index (κ3) is 2.24. The minimum atomic E-state index is -0.590. The summed E-state index contributed by atoms with van der Waals surface area (Å²) in [6.45, 7) is 1.43. The standard InChI is InChI=1S/C13H13ClFN3O2/c14-12-10(5-8(15)6-16-12)13(20)17-3-4-18-9(7-17)1-2-11(18)19/h5-6,9H,1-4,7H2. The molecule has 2 saturated heterocycles. The maximum absolute atomic E-state index is 13.2. The molecule has 2 aliphatic rings. The fraction of sp³-hybridized carbons (Fsp3) is 0.462. The molecule has 7 heteroatoms. The molecular formula is C13H13ClFN3O2. The molecule has 0 radical (unpaired) electrons. The Kier molecular flexibility index (Phi) is 3.33. The number of fused-ring (bicyclic) bond motifs is 1. The average Bonchev–Trinajstić information content (AvgIpc) is 2.82. The van der Waals surface area contributed by atoms with Crippen LogP contribution >= 0.6 is 11.6 Å². The fourth-order valence-corrected chi connectivity index (χ4v) is 2.98. The molecular weight excluding hydrogens is 285 g/mol. The summed E-state index contributed by atoms with van der Waals surface area (Å²) in [5, 5.41) is 0.00123. The van der Waals surface area contributed by atoms with Crippen molar-refractivity contribution < 1.29 is 14.0 Å². The fourth-order valence-electron chi connectivity index (χ4n) is 2.79. The first-order chi connectivity index (χ1) is 9.56.